The van der Waals surface area contributed by atoms with E-state index in [1.165, 1.54) is 7.11 Å². The lowest BCUT2D eigenvalue weighted by molar-refractivity contribution is -0.166. The van der Waals surface area contributed by atoms with Crippen molar-refractivity contribution in [3.05, 3.63) is 0 Å². The van der Waals surface area contributed by atoms with Crippen molar-refractivity contribution in [2.75, 3.05) is 14.2 Å². The lowest BCUT2D eigenvalue weighted by Gasteiger charge is -2.39. The average Bonchev–Trinajstić information content (AvgIpc) is 2.39. The quantitative estimate of drug-likeness (QED) is 0.558. The van der Waals surface area contributed by atoms with E-state index in [0.717, 1.165) is 7.11 Å². The highest BCUT2D eigenvalue weighted by molar-refractivity contribution is 5.82. The van der Waals surface area contributed by atoms with Gasteiger partial charge in [-0.05, 0) is 19.3 Å². The van der Waals surface area contributed by atoms with Crippen LogP contribution in [0.1, 0.15) is 25.7 Å². The fourth-order valence-electron chi connectivity index (χ4n) is 2.52. The van der Waals surface area contributed by atoms with Gasteiger partial charge in [0.1, 0.15) is 17.9 Å². The van der Waals surface area contributed by atoms with E-state index in [0.29, 0.717) is 12.7 Å². The number of methoxy groups -OCH3 is 2. The fourth-order valence-corrected chi connectivity index (χ4v) is 2.52. The number of hydrogen-bond acceptors (Lipinski definition) is 5. The molecule has 0 spiro atoms. The Kier molecular flexibility index (Phi) is 4.81. The largest absolute Gasteiger partial charge is 0.469 e. The van der Waals surface area contributed by atoms with Gasteiger partial charge in [-0.25, -0.2) is 4.39 Å². The highest BCUT2D eigenvalue weighted by Crippen LogP contribution is 2.44. The van der Waals surface area contributed by atoms with Crippen LogP contribution in [0.4, 0.5) is 4.39 Å². The summed E-state index contributed by atoms with van der Waals surface area (Å²) in [4.78, 5) is 34.0. The van der Waals surface area contributed by atoms with Crippen molar-refractivity contribution in [2.45, 2.75) is 31.9 Å². The molecular formula is C12H17FO5. The maximum Gasteiger partial charge on any atom is 0.315 e. The Labute approximate surface area is 105 Å². The molecule has 6 heteroatoms. The second-order valence-corrected chi connectivity index (χ2v) is 4.49. The normalized spacial score (nSPS) is 31.5. The molecular weight excluding hydrogens is 243 g/mol. The van der Waals surface area contributed by atoms with Gasteiger partial charge >= 0.3 is 11.9 Å². The van der Waals surface area contributed by atoms with Crippen molar-refractivity contribution in [1.29, 1.82) is 0 Å². The highest BCUT2D eigenvalue weighted by Gasteiger charge is 2.52. The molecule has 18 heavy (non-hydrogen) atoms. The van der Waals surface area contributed by atoms with E-state index in [1.54, 1.807) is 0 Å². The standard InChI is InChI=1S/C12H17FO5/c1-17-10(15)8-3-4-9(13)12(7-8,5-6-14)11(16)18-2/h6,8-9H,3-5,7H2,1-2H3. The summed E-state index contributed by atoms with van der Waals surface area (Å²) in [6.45, 7) is 0. The molecule has 0 aromatic carbocycles. The van der Waals surface area contributed by atoms with Gasteiger partial charge in [0, 0.05) is 6.42 Å². The third-order valence-corrected chi connectivity index (χ3v) is 3.55. The van der Waals surface area contributed by atoms with Gasteiger partial charge in [-0.1, -0.05) is 0 Å². The molecule has 1 aliphatic carbocycles. The molecule has 1 fully saturated rings. The zero-order valence-electron chi connectivity index (χ0n) is 10.5. The third kappa shape index (κ3) is 2.52. The van der Waals surface area contributed by atoms with Gasteiger partial charge in [0.15, 0.2) is 0 Å². The zero-order valence-corrected chi connectivity index (χ0v) is 10.5. The molecule has 3 atom stereocenters. The average molecular weight is 260 g/mol. The third-order valence-electron chi connectivity index (χ3n) is 3.55. The van der Waals surface area contributed by atoms with Crippen molar-refractivity contribution in [2.24, 2.45) is 11.3 Å². The maximum atomic E-state index is 14.1. The Hall–Kier alpha value is -1.46. The molecule has 0 heterocycles. The van der Waals surface area contributed by atoms with Crippen LogP contribution < -0.4 is 0 Å². The number of carbonyl (C=O) groups excluding carboxylic acids is 3. The van der Waals surface area contributed by atoms with Crippen LogP contribution in [0.25, 0.3) is 0 Å². The van der Waals surface area contributed by atoms with Crippen LogP contribution in [0, 0.1) is 11.3 Å². The maximum absolute atomic E-state index is 14.1. The minimum atomic E-state index is -1.55. The van der Waals surface area contributed by atoms with Gasteiger partial charge in [0.25, 0.3) is 0 Å². The molecule has 0 radical (unpaired) electrons. The number of esters is 2. The molecule has 0 aliphatic heterocycles. The summed E-state index contributed by atoms with van der Waals surface area (Å²) < 4.78 is 23.3. The highest BCUT2D eigenvalue weighted by atomic mass is 19.1. The van der Waals surface area contributed by atoms with E-state index in [1.807, 2.05) is 0 Å². The fraction of sp³-hybridized carbons (Fsp3) is 0.750. The van der Waals surface area contributed by atoms with Gasteiger partial charge in [0.05, 0.1) is 20.1 Å². The first kappa shape index (κ1) is 14.6. The number of carbonyl (C=O) groups is 3. The van der Waals surface area contributed by atoms with Crippen LogP contribution in [-0.4, -0.2) is 38.6 Å². The summed E-state index contributed by atoms with van der Waals surface area (Å²) in [5, 5.41) is 0. The first-order valence-corrected chi connectivity index (χ1v) is 5.75. The summed E-state index contributed by atoms with van der Waals surface area (Å²) in [6, 6.07) is 0. The second kappa shape index (κ2) is 5.93. The molecule has 0 saturated heterocycles. The number of halogens is 1. The Morgan fingerprint density at radius 2 is 2.00 bits per heavy atom. The van der Waals surface area contributed by atoms with Gasteiger partial charge in [-0.15, -0.1) is 0 Å². The van der Waals surface area contributed by atoms with Crippen LogP contribution in [0.15, 0.2) is 0 Å². The topological polar surface area (TPSA) is 69.7 Å². The predicted octanol–water partition coefficient (Wildman–Crippen LogP) is 1.05. The summed E-state index contributed by atoms with van der Waals surface area (Å²) in [5.74, 6) is -1.84. The van der Waals surface area contributed by atoms with Crippen LogP contribution >= 0.6 is 0 Å². The molecule has 1 saturated carbocycles. The number of rotatable bonds is 4. The Balaban J connectivity index is 3.00. The van der Waals surface area contributed by atoms with Crippen LogP contribution in [-0.2, 0) is 23.9 Å². The minimum absolute atomic E-state index is 0.0444. The molecule has 1 rings (SSSR count). The van der Waals surface area contributed by atoms with Gasteiger partial charge in [0.2, 0.25) is 0 Å². The van der Waals surface area contributed by atoms with Crippen LogP contribution in [0.3, 0.4) is 0 Å². The number of hydrogen-bond donors (Lipinski definition) is 0. The van der Waals surface area contributed by atoms with Crippen LogP contribution in [0.2, 0.25) is 0 Å². The lowest BCUT2D eigenvalue weighted by Crippen LogP contribution is -2.47. The number of alkyl halides is 1. The minimum Gasteiger partial charge on any atom is -0.469 e. The van der Waals surface area contributed by atoms with E-state index in [4.69, 9.17) is 0 Å². The van der Waals surface area contributed by atoms with E-state index >= 15 is 0 Å². The second-order valence-electron chi connectivity index (χ2n) is 4.49. The van der Waals surface area contributed by atoms with Crippen LogP contribution in [0.5, 0.6) is 0 Å². The van der Waals surface area contributed by atoms with Crippen molar-refractivity contribution in [3.8, 4) is 0 Å². The molecule has 0 aromatic rings. The van der Waals surface area contributed by atoms with E-state index < -0.39 is 29.4 Å². The van der Waals surface area contributed by atoms with E-state index in [-0.39, 0.29) is 19.3 Å². The molecule has 0 amide bonds. The number of aldehydes is 1. The Morgan fingerprint density at radius 3 is 2.50 bits per heavy atom. The van der Waals surface area contributed by atoms with Crippen molar-refractivity contribution < 1.29 is 28.2 Å². The monoisotopic (exact) mass is 260 g/mol. The smallest absolute Gasteiger partial charge is 0.315 e. The van der Waals surface area contributed by atoms with Crippen molar-refractivity contribution in [3.63, 3.8) is 0 Å². The predicted molar refractivity (Wildman–Crippen MR) is 59.4 cm³/mol. The first-order chi connectivity index (χ1) is 8.51. The molecule has 0 aromatic heterocycles. The summed E-state index contributed by atoms with van der Waals surface area (Å²) in [5.41, 5.74) is -1.55. The van der Waals surface area contributed by atoms with Crippen molar-refractivity contribution >= 4 is 18.2 Å². The van der Waals surface area contributed by atoms with Gasteiger partial charge in [-0.2, -0.15) is 0 Å². The Morgan fingerprint density at radius 1 is 1.33 bits per heavy atom. The zero-order chi connectivity index (χ0) is 13.8. The van der Waals surface area contributed by atoms with Gasteiger partial charge < -0.3 is 14.3 Å². The molecule has 5 nitrogen and oxygen atoms in total. The number of ether oxygens (including phenoxy) is 2. The van der Waals surface area contributed by atoms with Crippen molar-refractivity contribution in [1.82, 2.24) is 0 Å². The SMILES string of the molecule is COC(=O)C1CCC(F)C(CC=O)(C(=O)OC)C1. The molecule has 102 valence electrons. The Bertz CT molecular complexity index is 343. The lowest BCUT2D eigenvalue weighted by atomic mass is 9.66. The van der Waals surface area contributed by atoms with E-state index in [9.17, 15) is 18.8 Å². The first-order valence-electron chi connectivity index (χ1n) is 5.75. The summed E-state index contributed by atoms with van der Waals surface area (Å²) in [7, 11) is 2.38. The molecule has 1 aliphatic rings. The van der Waals surface area contributed by atoms with E-state index in [2.05, 4.69) is 9.47 Å². The summed E-state index contributed by atoms with van der Waals surface area (Å²) >= 11 is 0. The molecule has 3 unspecified atom stereocenters. The molecule has 0 N–H and O–H groups in total. The molecule has 0 bridgehead atoms. The van der Waals surface area contributed by atoms with Gasteiger partial charge in [-0.3, -0.25) is 9.59 Å². The summed E-state index contributed by atoms with van der Waals surface area (Å²) in [6.07, 6.45) is -0.964.